The van der Waals surface area contributed by atoms with Crippen molar-refractivity contribution in [3.8, 4) is 28.1 Å². The number of rotatable bonds is 6. The lowest BCUT2D eigenvalue weighted by molar-refractivity contribution is 0.0482. The summed E-state index contributed by atoms with van der Waals surface area (Å²) in [4.78, 5) is 11.9. The van der Waals surface area contributed by atoms with E-state index < -0.39 is 0 Å². The fourth-order valence-corrected chi connectivity index (χ4v) is 5.48. The molecule has 0 unspecified atom stereocenters. The summed E-state index contributed by atoms with van der Waals surface area (Å²) in [6.45, 7) is 9.65. The van der Waals surface area contributed by atoms with Gasteiger partial charge in [-0.25, -0.2) is 14.5 Å². The summed E-state index contributed by atoms with van der Waals surface area (Å²) in [5, 5.41) is 7.10. The fourth-order valence-electron chi connectivity index (χ4n) is 5.48. The monoisotopic (exact) mass is 491 g/mol. The second-order valence-electron chi connectivity index (χ2n) is 10.7. The van der Waals surface area contributed by atoms with Gasteiger partial charge in [0, 0.05) is 47.9 Å². The Kier molecular flexibility index (Phi) is 6.13. The molecule has 0 aliphatic carbocycles. The molecule has 3 aromatic heterocycles. The number of benzene rings is 2. The van der Waals surface area contributed by atoms with Crippen molar-refractivity contribution in [3.63, 3.8) is 0 Å². The average molecular weight is 492 g/mol. The molecule has 0 N–H and O–H groups in total. The lowest BCUT2D eigenvalue weighted by Gasteiger charge is -2.34. The molecule has 1 fully saturated rings. The zero-order valence-corrected chi connectivity index (χ0v) is 21.8. The number of pyridine rings is 1. The molecule has 1 aliphatic heterocycles. The number of likely N-dealkylation sites (tertiary alicyclic amines) is 1. The summed E-state index contributed by atoms with van der Waals surface area (Å²) < 4.78 is 8.13. The van der Waals surface area contributed by atoms with E-state index in [9.17, 15) is 0 Å². The molecule has 6 nitrogen and oxygen atoms in total. The van der Waals surface area contributed by atoms with Gasteiger partial charge < -0.3 is 4.74 Å². The van der Waals surface area contributed by atoms with Gasteiger partial charge in [-0.15, -0.1) is 0 Å². The van der Waals surface area contributed by atoms with E-state index in [2.05, 4.69) is 72.2 Å². The van der Waals surface area contributed by atoms with Gasteiger partial charge in [-0.2, -0.15) is 5.10 Å². The van der Waals surface area contributed by atoms with Crippen LogP contribution in [0.5, 0.6) is 5.88 Å². The molecular weight excluding hydrogens is 458 g/mol. The summed E-state index contributed by atoms with van der Waals surface area (Å²) in [5.74, 6) is 0.646. The highest BCUT2D eigenvalue weighted by Gasteiger charge is 2.25. The predicted octanol–water partition coefficient (Wildman–Crippen LogP) is 6.56. The first-order valence-corrected chi connectivity index (χ1v) is 13.2. The molecule has 1 aliphatic rings. The highest BCUT2D eigenvalue weighted by molar-refractivity contribution is 6.01. The highest BCUT2D eigenvalue weighted by Crippen LogP contribution is 2.33. The molecule has 6 heteroatoms. The van der Waals surface area contributed by atoms with Crippen molar-refractivity contribution >= 4 is 16.4 Å². The molecule has 5 aromatic rings. The van der Waals surface area contributed by atoms with Gasteiger partial charge in [-0.05, 0) is 74.7 Å². The second-order valence-corrected chi connectivity index (χ2v) is 10.7. The molecule has 0 saturated carbocycles. The summed E-state index contributed by atoms with van der Waals surface area (Å²) in [6.07, 6.45) is 11.6. The highest BCUT2D eigenvalue weighted by atomic mass is 16.5. The van der Waals surface area contributed by atoms with Crippen LogP contribution in [0.4, 0.5) is 0 Å². The molecule has 1 saturated heterocycles. The molecule has 0 bridgehead atoms. The number of fused-ring (bicyclic) bond motifs is 2. The van der Waals surface area contributed by atoms with Gasteiger partial charge in [-0.1, -0.05) is 42.8 Å². The van der Waals surface area contributed by atoms with Gasteiger partial charge in [0.15, 0.2) is 5.65 Å². The quantitative estimate of drug-likeness (QED) is 0.269. The Hall–Kier alpha value is -3.77. The molecule has 37 heavy (non-hydrogen) atoms. The van der Waals surface area contributed by atoms with Crippen LogP contribution in [0, 0.1) is 6.92 Å². The van der Waals surface area contributed by atoms with E-state index in [-0.39, 0.29) is 5.60 Å². The van der Waals surface area contributed by atoms with Gasteiger partial charge in [0.05, 0.1) is 6.20 Å². The third-order valence-electron chi connectivity index (χ3n) is 7.29. The van der Waals surface area contributed by atoms with Crippen LogP contribution in [-0.2, 0) is 0 Å². The van der Waals surface area contributed by atoms with E-state index in [4.69, 9.17) is 9.72 Å². The summed E-state index contributed by atoms with van der Waals surface area (Å²) in [5.41, 5.74) is 5.92. The standard InChI is InChI=1S/C31H33N5O/c1-22-11-13-27(26-10-6-5-9-25(22)26)28-19-34-36-20-24(18-33-30(28)36)23-12-14-29(32-17-23)37-31(2,3)21-35-15-7-4-8-16-35/h5-6,9-14,17-20H,4,7-8,15-16,21H2,1-3H3. The van der Waals surface area contributed by atoms with Crippen LogP contribution in [0.15, 0.2) is 73.3 Å². The number of aromatic nitrogens is 4. The normalized spacial score (nSPS) is 14.9. The van der Waals surface area contributed by atoms with Gasteiger partial charge in [0.2, 0.25) is 5.88 Å². The minimum Gasteiger partial charge on any atom is -0.470 e. The molecule has 6 rings (SSSR count). The van der Waals surface area contributed by atoms with E-state index in [1.807, 2.05) is 41.4 Å². The average Bonchev–Trinajstić information content (AvgIpc) is 3.33. The molecular formula is C31H33N5O. The molecule has 0 amide bonds. The second kappa shape index (κ2) is 9.60. The maximum absolute atomic E-state index is 6.28. The first kappa shape index (κ1) is 23.6. The number of ether oxygens (including phenoxy) is 1. The fraction of sp³-hybridized carbons (Fsp3) is 0.323. The number of aryl methyl sites for hydroxylation is 1. The maximum atomic E-state index is 6.28. The lowest BCUT2D eigenvalue weighted by Crippen LogP contribution is -2.44. The summed E-state index contributed by atoms with van der Waals surface area (Å²) in [7, 11) is 0. The van der Waals surface area contributed by atoms with Crippen LogP contribution in [-0.4, -0.2) is 49.7 Å². The van der Waals surface area contributed by atoms with Crippen LogP contribution >= 0.6 is 0 Å². The Morgan fingerprint density at radius 3 is 2.38 bits per heavy atom. The van der Waals surface area contributed by atoms with Crippen LogP contribution in [0.2, 0.25) is 0 Å². The van der Waals surface area contributed by atoms with E-state index in [1.54, 1.807) is 0 Å². The van der Waals surface area contributed by atoms with Gasteiger partial charge in [-0.3, -0.25) is 4.90 Å². The molecule has 2 aromatic carbocycles. The van der Waals surface area contributed by atoms with E-state index in [1.165, 1.54) is 35.6 Å². The Labute approximate surface area is 217 Å². The Balaban J connectivity index is 1.23. The summed E-state index contributed by atoms with van der Waals surface area (Å²) in [6, 6.07) is 16.8. The largest absolute Gasteiger partial charge is 0.470 e. The van der Waals surface area contributed by atoms with Gasteiger partial charge in [0.1, 0.15) is 5.60 Å². The zero-order valence-electron chi connectivity index (χ0n) is 21.8. The third kappa shape index (κ3) is 4.81. The summed E-state index contributed by atoms with van der Waals surface area (Å²) >= 11 is 0. The molecule has 188 valence electrons. The third-order valence-corrected chi connectivity index (χ3v) is 7.29. The van der Waals surface area contributed by atoms with Crippen molar-refractivity contribution in [1.29, 1.82) is 0 Å². The van der Waals surface area contributed by atoms with Gasteiger partial charge in [0.25, 0.3) is 0 Å². The first-order chi connectivity index (χ1) is 18.0. The minimum absolute atomic E-state index is 0.294. The predicted molar refractivity (Wildman–Crippen MR) is 149 cm³/mol. The SMILES string of the molecule is Cc1ccc(-c2cnn3cc(-c4ccc(OC(C)(C)CN5CCCCC5)nc4)cnc23)c2ccccc12. The maximum Gasteiger partial charge on any atom is 0.213 e. The Morgan fingerprint density at radius 2 is 1.59 bits per heavy atom. The first-order valence-electron chi connectivity index (χ1n) is 13.2. The molecule has 0 atom stereocenters. The van der Waals surface area contributed by atoms with Gasteiger partial charge >= 0.3 is 0 Å². The number of nitrogens with zero attached hydrogens (tertiary/aromatic N) is 5. The minimum atomic E-state index is -0.294. The molecule has 4 heterocycles. The lowest BCUT2D eigenvalue weighted by atomic mass is 9.97. The van der Waals surface area contributed by atoms with E-state index in [0.29, 0.717) is 5.88 Å². The Morgan fingerprint density at radius 1 is 0.811 bits per heavy atom. The van der Waals surface area contributed by atoms with Crippen LogP contribution in [0.1, 0.15) is 38.7 Å². The Bertz CT molecular complexity index is 1550. The van der Waals surface area contributed by atoms with Crippen molar-refractivity contribution in [1.82, 2.24) is 24.5 Å². The van der Waals surface area contributed by atoms with Crippen molar-refractivity contribution < 1.29 is 4.74 Å². The number of hydrogen-bond acceptors (Lipinski definition) is 5. The van der Waals surface area contributed by atoms with Crippen molar-refractivity contribution in [2.75, 3.05) is 19.6 Å². The smallest absolute Gasteiger partial charge is 0.213 e. The van der Waals surface area contributed by atoms with Crippen molar-refractivity contribution in [3.05, 3.63) is 78.9 Å². The van der Waals surface area contributed by atoms with E-state index in [0.717, 1.165) is 47.5 Å². The number of piperidine rings is 1. The van der Waals surface area contributed by atoms with Crippen molar-refractivity contribution in [2.24, 2.45) is 0 Å². The molecule has 0 spiro atoms. The number of hydrogen-bond donors (Lipinski definition) is 0. The van der Waals surface area contributed by atoms with E-state index >= 15 is 0 Å². The topological polar surface area (TPSA) is 55.6 Å². The van der Waals surface area contributed by atoms with Crippen LogP contribution in [0.25, 0.3) is 38.7 Å². The zero-order chi connectivity index (χ0) is 25.4. The molecule has 0 radical (unpaired) electrons. The van der Waals surface area contributed by atoms with Crippen LogP contribution < -0.4 is 4.74 Å². The van der Waals surface area contributed by atoms with Crippen molar-refractivity contribution in [2.45, 2.75) is 45.6 Å². The van der Waals surface area contributed by atoms with Crippen LogP contribution in [0.3, 0.4) is 0 Å².